The van der Waals surface area contributed by atoms with Crippen LogP contribution in [0.1, 0.15) is 39.5 Å². The molecule has 0 aliphatic carbocycles. The number of aliphatic hydroxyl groups excluding tert-OH is 1. The topological polar surface area (TPSA) is 60.9 Å². The normalized spacial score (nSPS) is 25.1. The molecule has 1 unspecified atom stereocenters. The molecule has 0 spiro atoms. The number of hydrogen-bond donors (Lipinski definition) is 1. The van der Waals surface area contributed by atoms with Crippen molar-refractivity contribution in [3.8, 4) is 0 Å². The van der Waals surface area contributed by atoms with E-state index in [1.54, 1.807) is 4.90 Å². The molecule has 0 aromatic carbocycles. The standard InChI is InChI=1S/C15H26N2O3/c1-11(2)14(19)16-8-5-12(6-9-16)15(20)17-7-3-4-13(18)10-17/h11-13,18H,3-10H2,1-2H3. The first-order valence-corrected chi connectivity index (χ1v) is 7.74. The molecule has 0 aromatic rings. The van der Waals surface area contributed by atoms with E-state index in [0.717, 1.165) is 32.2 Å². The molecule has 5 heteroatoms. The molecule has 2 saturated heterocycles. The largest absolute Gasteiger partial charge is 0.391 e. The molecule has 2 fully saturated rings. The van der Waals surface area contributed by atoms with Crippen molar-refractivity contribution in [2.75, 3.05) is 26.2 Å². The molecular formula is C15H26N2O3. The highest BCUT2D eigenvalue weighted by Crippen LogP contribution is 2.22. The predicted octanol–water partition coefficient (Wildman–Crippen LogP) is 0.864. The lowest BCUT2D eigenvalue weighted by atomic mass is 9.93. The fourth-order valence-corrected chi connectivity index (χ4v) is 3.13. The van der Waals surface area contributed by atoms with Crippen LogP contribution in [-0.2, 0) is 9.59 Å². The summed E-state index contributed by atoms with van der Waals surface area (Å²) in [4.78, 5) is 28.0. The lowest BCUT2D eigenvalue weighted by Crippen LogP contribution is -2.48. The van der Waals surface area contributed by atoms with Crippen LogP contribution in [0.25, 0.3) is 0 Å². The van der Waals surface area contributed by atoms with Gasteiger partial charge in [-0.2, -0.15) is 0 Å². The quantitative estimate of drug-likeness (QED) is 0.817. The van der Waals surface area contributed by atoms with Gasteiger partial charge in [0.25, 0.3) is 0 Å². The Morgan fingerprint density at radius 2 is 1.70 bits per heavy atom. The van der Waals surface area contributed by atoms with Crippen molar-refractivity contribution in [2.45, 2.75) is 45.6 Å². The van der Waals surface area contributed by atoms with Crippen LogP contribution < -0.4 is 0 Å². The zero-order chi connectivity index (χ0) is 14.7. The van der Waals surface area contributed by atoms with Crippen LogP contribution in [0.4, 0.5) is 0 Å². The van der Waals surface area contributed by atoms with E-state index in [1.165, 1.54) is 0 Å². The highest BCUT2D eigenvalue weighted by molar-refractivity contribution is 5.81. The summed E-state index contributed by atoms with van der Waals surface area (Å²) < 4.78 is 0. The number of aliphatic hydroxyl groups is 1. The molecule has 2 amide bonds. The van der Waals surface area contributed by atoms with Crippen LogP contribution in [0, 0.1) is 11.8 Å². The molecule has 0 bridgehead atoms. The van der Waals surface area contributed by atoms with Gasteiger partial charge in [0.15, 0.2) is 0 Å². The summed E-state index contributed by atoms with van der Waals surface area (Å²) in [5.41, 5.74) is 0. The summed E-state index contributed by atoms with van der Waals surface area (Å²) in [5, 5.41) is 9.66. The Kier molecular flexibility index (Phi) is 5.02. The third-order valence-corrected chi connectivity index (χ3v) is 4.36. The Morgan fingerprint density at radius 1 is 1.05 bits per heavy atom. The summed E-state index contributed by atoms with van der Waals surface area (Å²) in [6, 6.07) is 0. The van der Waals surface area contributed by atoms with Gasteiger partial charge in [-0.1, -0.05) is 13.8 Å². The van der Waals surface area contributed by atoms with Crippen LogP contribution in [0.5, 0.6) is 0 Å². The summed E-state index contributed by atoms with van der Waals surface area (Å²) >= 11 is 0. The van der Waals surface area contributed by atoms with Crippen LogP contribution in [0.15, 0.2) is 0 Å². The van der Waals surface area contributed by atoms with Crippen molar-refractivity contribution in [3.05, 3.63) is 0 Å². The van der Waals surface area contributed by atoms with Crippen LogP contribution in [0.2, 0.25) is 0 Å². The number of nitrogens with zero attached hydrogens (tertiary/aromatic N) is 2. The summed E-state index contributed by atoms with van der Waals surface area (Å²) in [6.45, 7) is 6.43. The first-order chi connectivity index (χ1) is 9.49. The molecule has 1 N–H and O–H groups in total. The van der Waals surface area contributed by atoms with E-state index in [-0.39, 0.29) is 29.8 Å². The van der Waals surface area contributed by atoms with Gasteiger partial charge < -0.3 is 14.9 Å². The van der Waals surface area contributed by atoms with Gasteiger partial charge in [0, 0.05) is 38.0 Å². The number of β-amino-alcohol motifs (C(OH)–C–C–N with tert-alkyl or cyclic N) is 1. The zero-order valence-electron chi connectivity index (χ0n) is 12.5. The maximum absolute atomic E-state index is 12.4. The van der Waals surface area contributed by atoms with E-state index >= 15 is 0 Å². The first-order valence-electron chi connectivity index (χ1n) is 7.74. The molecular weight excluding hydrogens is 256 g/mol. The summed E-state index contributed by atoms with van der Waals surface area (Å²) in [7, 11) is 0. The average molecular weight is 282 g/mol. The zero-order valence-corrected chi connectivity index (χ0v) is 12.5. The molecule has 2 heterocycles. The Morgan fingerprint density at radius 3 is 2.25 bits per heavy atom. The average Bonchev–Trinajstić information content (AvgIpc) is 2.46. The fourth-order valence-electron chi connectivity index (χ4n) is 3.13. The second kappa shape index (κ2) is 6.57. The minimum atomic E-state index is -0.365. The first kappa shape index (κ1) is 15.3. The van der Waals surface area contributed by atoms with E-state index in [4.69, 9.17) is 0 Å². The lowest BCUT2D eigenvalue weighted by Gasteiger charge is -2.37. The highest BCUT2D eigenvalue weighted by Gasteiger charge is 2.32. The Bertz CT molecular complexity index is 362. The maximum Gasteiger partial charge on any atom is 0.225 e. The number of hydrogen-bond acceptors (Lipinski definition) is 3. The predicted molar refractivity (Wildman–Crippen MR) is 76.0 cm³/mol. The van der Waals surface area contributed by atoms with Gasteiger partial charge in [-0.05, 0) is 25.7 Å². The molecule has 0 saturated carbocycles. The molecule has 1 atom stereocenters. The van der Waals surface area contributed by atoms with Gasteiger partial charge in [0.1, 0.15) is 0 Å². The van der Waals surface area contributed by atoms with Gasteiger partial charge in [-0.15, -0.1) is 0 Å². The van der Waals surface area contributed by atoms with Gasteiger partial charge in [0.05, 0.1) is 6.10 Å². The number of piperidine rings is 2. The molecule has 0 aromatic heterocycles. The fraction of sp³-hybridized carbons (Fsp3) is 0.867. The monoisotopic (exact) mass is 282 g/mol. The van der Waals surface area contributed by atoms with Crippen molar-refractivity contribution in [3.63, 3.8) is 0 Å². The Labute approximate surface area is 120 Å². The van der Waals surface area contributed by atoms with Crippen molar-refractivity contribution in [2.24, 2.45) is 11.8 Å². The second-order valence-electron chi connectivity index (χ2n) is 6.33. The van der Waals surface area contributed by atoms with E-state index in [0.29, 0.717) is 19.6 Å². The summed E-state index contributed by atoms with van der Waals surface area (Å²) in [6.07, 6.45) is 2.83. The van der Waals surface area contributed by atoms with Crippen molar-refractivity contribution in [1.82, 2.24) is 9.80 Å². The molecule has 0 radical (unpaired) electrons. The van der Waals surface area contributed by atoms with Crippen LogP contribution in [-0.4, -0.2) is 59.0 Å². The Hall–Kier alpha value is -1.10. The molecule has 20 heavy (non-hydrogen) atoms. The van der Waals surface area contributed by atoms with Crippen molar-refractivity contribution in [1.29, 1.82) is 0 Å². The SMILES string of the molecule is CC(C)C(=O)N1CCC(C(=O)N2CCCC(O)C2)CC1. The lowest BCUT2D eigenvalue weighted by molar-refractivity contribution is -0.143. The van der Waals surface area contributed by atoms with E-state index in [1.807, 2.05) is 18.7 Å². The number of amides is 2. The molecule has 5 nitrogen and oxygen atoms in total. The highest BCUT2D eigenvalue weighted by atomic mass is 16.3. The maximum atomic E-state index is 12.4. The summed E-state index contributed by atoms with van der Waals surface area (Å²) in [5.74, 6) is 0.403. The van der Waals surface area contributed by atoms with Gasteiger partial charge >= 0.3 is 0 Å². The van der Waals surface area contributed by atoms with Crippen LogP contribution in [0.3, 0.4) is 0 Å². The number of likely N-dealkylation sites (tertiary alicyclic amines) is 2. The van der Waals surface area contributed by atoms with Crippen molar-refractivity contribution >= 4 is 11.8 Å². The molecule has 114 valence electrons. The molecule has 2 aliphatic rings. The second-order valence-corrected chi connectivity index (χ2v) is 6.33. The minimum absolute atomic E-state index is 0.0245. The van der Waals surface area contributed by atoms with E-state index in [2.05, 4.69) is 0 Å². The third kappa shape index (κ3) is 3.51. The van der Waals surface area contributed by atoms with Crippen LogP contribution >= 0.6 is 0 Å². The number of carbonyl (C=O) groups excluding carboxylic acids is 2. The minimum Gasteiger partial charge on any atom is -0.391 e. The third-order valence-electron chi connectivity index (χ3n) is 4.36. The van der Waals surface area contributed by atoms with E-state index in [9.17, 15) is 14.7 Å². The Balaban J connectivity index is 1.84. The van der Waals surface area contributed by atoms with Gasteiger partial charge in [0.2, 0.25) is 11.8 Å². The smallest absolute Gasteiger partial charge is 0.225 e. The number of carbonyl (C=O) groups is 2. The van der Waals surface area contributed by atoms with E-state index < -0.39 is 0 Å². The molecule has 2 rings (SSSR count). The van der Waals surface area contributed by atoms with Gasteiger partial charge in [-0.25, -0.2) is 0 Å². The number of rotatable bonds is 2. The van der Waals surface area contributed by atoms with Gasteiger partial charge in [-0.3, -0.25) is 9.59 Å². The van der Waals surface area contributed by atoms with Crippen molar-refractivity contribution < 1.29 is 14.7 Å². The molecule has 2 aliphatic heterocycles.